The van der Waals surface area contributed by atoms with Gasteiger partial charge in [-0.05, 0) is 18.2 Å². The number of benzene rings is 1. The minimum atomic E-state index is -0.541. The Morgan fingerprint density at radius 1 is 1.56 bits per heavy atom. The molecule has 0 saturated carbocycles. The average Bonchev–Trinajstić information content (AvgIpc) is 2.33. The van der Waals surface area contributed by atoms with E-state index < -0.39 is 5.91 Å². The number of rotatable bonds is 7. The van der Waals surface area contributed by atoms with Gasteiger partial charge >= 0.3 is 0 Å². The van der Waals surface area contributed by atoms with Gasteiger partial charge in [0.05, 0.1) is 0 Å². The standard InChI is InChI=1S/C12H13BrN2O3/c1-2-5-17-11-4-3-10(13)6-9(11)7-15-18-8-12(14)16/h1,3-4,6,15H,5,7-8H2,(H2,14,16). The first kappa shape index (κ1) is 14.5. The first-order chi connectivity index (χ1) is 8.63. The number of hydrogen-bond donors (Lipinski definition) is 2. The molecule has 0 unspecified atom stereocenters. The average molecular weight is 313 g/mol. The van der Waals surface area contributed by atoms with Crippen molar-refractivity contribution in [2.45, 2.75) is 6.54 Å². The SMILES string of the molecule is C#CCOc1ccc(Br)cc1CNOCC(N)=O. The first-order valence-electron chi connectivity index (χ1n) is 5.11. The van der Waals surface area contributed by atoms with E-state index >= 15 is 0 Å². The van der Waals surface area contributed by atoms with E-state index in [-0.39, 0.29) is 13.2 Å². The van der Waals surface area contributed by atoms with Gasteiger partial charge in [-0.2, -0.15) is 5.48 Å². The highest BCUT2D eigenvalue weighted by Crippen LogP contribution is 2.23. The number of hydrogen-bond acceptors (Lipinski definition) is 4. The summed E-state index contributed by atoms with van der Waals surface area (Å²) >= 11 is 3.36. The molecule has 0 aliphatic rings. The molecular weight excluding hydrogens is 300 g/mol. The molecule has 0 spiro atoms. The lowest BCUT2D eigenvalue weighted by Gasteiger charge is -2.11. The van der Waals surface area contributed by atoms with Crippen molar-refractivity contribution in [2.75, 3.05) is 13.2 Å². The number of hydroxylamine groups is 1. The van der Waals surface area contributed by atoms with E-state index in [0.29, 0.717) is 12.3 Å². The Labute approximate surface area is 114 Å². The second-order valence-electron chi connectivity index (χ2n) is 3.32. The van der Waals surface area contributed by atoms with E-state index in [4.69, 9.17) is 21.7 Å². The second kappa shape index (κ2) is 7.71. The molecule has 0 atom stereocenters. The highest BCUT2D eigenvalue weighted by molar-refractivity contribution is 9.10. The molecule has 0 bridgehead atoms. The van der Waals surface area contributed by atoms with Gasteiger partial charge in [0.15, 0.2) is 0 Å². The number of halogens is 1. The molecule has 5 nitrogen and oxygen atoms in total. The summed E-state index contributed by atoms with van der Waals surface area (Å²) in [7, 11) is 0. The Morgan fingerprint density at radius 2 is 2.33 bits per heavy atom. The van der Waals surface area contributed by atoms with Gasteiger partial charge in [-0.3, -0.25) is 9.63 Å². The van der Waals surface area contributed by atoms with Crippen molar-refractivity contribution in [1.82, 2.24) is 5.48 Å². The van der Waals surface area contributed by atoms with Crippen molar-refractivity contribution < 1.29 is 14.4 Å². The summed E-state index contributed by atoms with van der Waals surface area (Å²) in [6.45, 7) is 0.373. The molecule has 0 heterocycles. The predicted octanol–water partition coefficient (Wildman–Crippen LogP) is 0.968. The number of nitrogens with one attached hydrogen (secondary N) is 1. The summed E-state index contributed by atoms with van der Waals surface area (Å²) in [4.78, 5) is 15.3. The zero-order chi connectivity index (χ0) is 13.4. The van der Waals surface area contributed by atoms with Gasteiger partial charge in [0.2, 0.25) is 5.91 Å². The van der Waals surface area contributed by atoms with Crippen LogP contribution in [0.3, 0.4) is 0 Å². The minimum Gasteiger partial charge on any atom is -0.481 e. The van der Waals surface area contributed by atoms with Crippen molar-refractivity contribution in [1.29, 1.82) is 0 Å². The Morgan fingerprint density at radius 3 is 3.00 bits per heavy atom. The molecule has 1 aromatic carbocycles. The quantitative estimate of drug-likeness (QED) is 0.447. The van der Waals surface area contributed by atoms with Crippen LogP contribution < -0.4 is 16.0 Å². The number of ether oxygens (including phenoxy) is 1. The lowest BCUT2D eigenvalue weighted by atomic mass is 10.2. The monoisotopic (exact) mass is 312 g/mol. The highest BCUT2D eigenvalue weighted by Gasteiger charge is 2.04. The third kappa shape index (κ3) is 5.19. The molecule has 1 amide bonds. The Kier molecular flexibility index (Phi) is 6.22. The second-order valence-corrected chi connectivity index (χ2v) is 4.24. The van der Waals surface area contributed by atoms with E-state index in [2.05, 4.69) is 27.3 Å². The van der Waals surface area contributed by atoms with Crippen LogP contribution in [0.4, 0.5) is 0 Å². The van der Waals surface area contributed by atoms with Gasteiger partial charge in [0.1, 0.15) is 19.0 Å². The van der Waals surface area contributed by atoms with E-state index in [1.54, 1.807) is 6.07 Å². The van der Waals surface area contributed by atoms with Gasteiger partial charge < -0.3 is 10.5 Å². The molecule has 0 aliphatic heterocycles. The molecule has 1 aromatic rings. The maximum atomic E-state index is 10.5. The molecule has 1 rings (SSSR count). The van der Waals surface area contributed by atoms with Gasteiger partial charge in [0.25, 0.3) is 0 Å². The van der Waals surface area contributed by atoms with Crippen LogP contribution in [-0.2, 0) is 16.2 Å². The maximum absolute atomic E-state index is 10.5. The van der Waals surface area contributed by atoms with E-state index in [1.165, 1.54) is 0 Å². The first-order valence-corrected chi connectivity index (χ1v) is 5.90. The van der Waals surface area contributed by atoms with Gasteiger partial charge in [-0.1, -0.05) is 21.9 Å². The molecule has 96 valence electrons. The van der Waals surface area contributed by atoms with Crippen molar-refractivity contribution in [2.24, 2.45) is 5.73 Å². The topological polar surface area (TPSA) is 73.6 Å². The Bertz CT molecular complexity index is 457. The Hall–Kier alpha value is -1.55. The molecular formula is C12H13BrN2O3. The molecule has 18 heavy (non-hydrogen) atoms. The van der Waals surface area contributed by atoms with Crippen LogP contribution in [-0.4, -0.2) is 19.1 Å². The number of amides is 1. The van der Waals surface area contributed by atoms with Crippen LogP contribution in [0.25, 0.3) is 0 Å². The van der Waals surface area contributed by atoms with Gasteiger partial charge in [-0.25, -0.2) is 0 Å². The van der Waals surface area contributed by atoms with Crippen LogP contribution in [0.5, 0.6) is 5.75 Å². The number of terminal acetylenes is 1. The zero-order valence-electron chi connectivity index (χ0n) is 9.61. The van der Waals surface area contributed by atoms with Gasteiger partial charge in [0, 0.05) is 16.6 Å². The maximum Gasteiger partial charge on any atom is 0.245 e. The van der Waals surface area contributed by atoms with Crippen LogP contribution in [0, 0.1) is 12.3 Å². The molecule has 0 aromatic heterocycles. The summed E-state index contributed by atoms with van der Waals surface area (Å²) in [5.74, 6) is 2.51. The van der Waals surface area contributed by atoms with Crippen molar-refractivity contribution in [3.63, 3.8) is 0 Å². The molecule has 0 saturated heterocycles. The lowest BCUT2D eigenvalue weighted by molar-refractivity contribution is -0.125. The number of carbonyl (C=O) groups is 1. The van der Waals surface area contributed by atoms with E-state index in [1.807, 2.05) is 12.1 Å². The summed E-state index contributed by atoms with van der Waals surface area (Å²) in [6, 6.07) is 5.51. The van der Waals surface area contributed by atoms with Crippen LogP contribution in [0.15, 0.2) is 22.7 Å². The van der Waals surface area contributed by atoms with E-state index in [9.17, 15) is 4.79 Å². The van der Waals surface area contributed by atoms with Crippen LogP contribution in [0.2, 0.25) is 0 Å². The van der Waals surface area contributed by atoms with Crippen molar-refractivity contribution >= 4 is 21.8 Å². The summed E-state index contributed by atoms with van der Waals surface area (Å²) < 4.78 is 6.28. The number of primary amides is 1. The van der Waals surface area contributed by atoms with Crippen LogP contribution >= 0.6 is 15.9 Å². The fraction of sp³-hybridized carbons (Fsp3) is 0.250. The zero-order valence-corrected chi connectivity index (χ0v) is 11.2. The number of carbonyl (C=O) groups excluding carboxylic acids is 1. The van der Waals surface area contributed by atoms with E-state index in [0.717, 1.165) is 10.0 Å². The lowest BCUT2D eigenvalue weighted by Crippen LogP contribution is -2.24. The summed E-state index contributed by atoms with van der Waals surface area (Å²) in [5.41, 5.74) is 8.41. The van der Waals surface area contributed by atoms with Crippen LogP contribution in [0.1, 0.15) is 5.56 Å². The summed E-state index contributed by atoms with van der Waals surface area (Å²) in [6.07, 6.45) is 5.14. The van der Waals surface area contributed by atoms with Gasteiger partial charge in [-0.15, -0.1) is 6.42 Å². The third-order valence-electron chi connectivity index (χ3n) is 1.91. The fourth-order valence-electron chi connectivity index (χ4n) is 1.20. The predicted molar refractivity (Wildman–Crippen MR) is 70.5 cm³/mol. The van der Waals surface area contributed by atoms with Crippen molar-refractivity contribution in [3.05, 3.63) is 28.2 Å². The highest BCUT2D eigenvalue weighted by atomic mass is 79.9. The largest absolute Gasteiger partial charge is 0.481 e. The summed E-state index contributed by atoms with van der Waals surface area (Å²) in [5, 5.41) is 0. The third-order valence-corrected chi connectivity index (χ3v) is 2.41. The molecule has 3 N–H and O–H groups in total. The number of nitrogens with two attached hydrogens (primary N) is 1. The Balaban J connectivity index is 2.58. The minimum absolute atomic E-state index is 0.186. The fourth-order valence-corrected chi connectivity index (χ4v) is 1.61. The molecule has 0 aliphatic carbocycles. The molecule has 6 heteroatoms. The normalized spacial score (nSPS) is 9.78. The van der Waals surface area contributed by atoms with Crippen molar-refractivity contribution in [3.8, 4) is 18.1 Å². The molecule has 0 fully saturated rings. The smallest absolute Gasteiger partial charge is 0.245 e. The molecule has 0 radical (unpaired) electrons.